The summed E-state index contributed by atoms with van der Waals surface area (Å²) >= 11 is 0. The average Bonchev–Trinajstić information content (AvgIpc) is 2.88. The molecular weight excluding hydrogens is 224 g/mol. The largest absolute Gasteiger partial charge is 0.290 e. The van der Waals surface area contributed by atoms with Crippen LogP contribution >= 0.6 is 0 Å². The van der Waals surface area contributed by atoms with E-state index in [1.165, 1.54) is 25.0 Å². The molecule has 2 fully saturated rings. The smallest absolute Gasteiger partial charge is 0.182 e. The van der Waals surface area contributed by atoms with Gasteiger partial charge in [-0.15, -0.1) is 0 Å². The Kier molecular flexibility index (Phi) is 1.71. The van der Waals surface area contributed by atoms with Gasteiger partial charge in [0.25, 0.3) is 0 Å². The van der Waals surface area contributed by atoms with Gasteiger partial charge in [-0.25, -0.2) is 0 Å². The molecule has 0 N–H and O–H groups in total. The molecule has 2 saturated carbocycles. The van der Waals surface area contributed by atoms with Gasteiger partial charge in [-0.05, 0) is 60.5 Å². The van der Waals surface area contributed by atoms with Crippen molar-refractivity contribution in [3.05, 3.63) is 23.3 Å². The molecule has 0 spiro atoms. The second-order valence-electron chi connectivity index (χ2n) is 7.22. The van der Waals surface area contributed by atoms with Crippen molar-refractivity contribution in [2.45, 2.75) is 39.5 Å². The third kappa shape index (κ3) is 1.10. The van der Waals surface area contributed by atoms with E-state index in [0.29, 0.717) is 11.3 Å². The van der Waals surface area contributed by atoms with Crippen LogP contribution in [0.5, 0.6) is 0 Å². The number of hydrogen-bond acceptors (Lipinski definition) is 2. The van der Waals surface area contributed by atoms with Crippen LogP contribution in [0.2, 0.25) is 0 Å². The molecule has 18 heavy (non-hydrogen) atoms. The molecule has 0 saturated heterocycles. The second-order valence-corrected chi connectivity index (χ2v) is 7.22. The van der Waals surface area contributed by atoms with Crippen LogP contribution in [0.25, 0.3) is 0 Å². The molecule has 94 valence electrons. The fourth-order valence-electron chi connectivity index (χ4n) is 5.06. The lowest BCUT2D eigenvalue weighted by Crippen LogP contribution is -2.36. The van der Waals surface area contributed by atoms with Crippen LogP contribution in [0.4, 0.5) is 0 Å². The van der Waals surface area contributed by atoms with Gasteiger partial charge in [0.05, 0.1) is 0 Å². The van der Waals surface area contributed by atoms with Crippen LogP contribution < -0.4 is 0 Å². The molecule has 0 bridgehead atoms. The maximum atomic E-state index is 12.0. The molecule has 0 radical (unpaired) electrons. The summed E-state index contributed by atoms with van der Waals surface area (Å²) in [6.45, 7) is 4.71. The first-order valence-electron chi connectivity index (χ1n) is 6.93. The number of allylic oxidation sites excluding steroid dienone is 4. The molecule has 0 unspecified atom stereocenters. The molecule has 0 aliphatic heterocycles. The minimum Gasteiger partial charge on any atom is -0.290 e. The van der Waals surface area contributed by atoms with Gasteiger partial charge < -0.3 is 0 Å². The summed E-state index contributed by atoms with van der Waals surface area (Å²) in [5.41, 5.74) is 2.37. The summed E-state index contributed by atoms with van der Waals surface area (Å²) < 4.78 is 0. The van der Waals surface area contributed by atoms with Crippen LogP contribution in [0, 0.1) is 22.7 Å². The van der Waals surface area contributed by atoms with Gasteiger partial charge in [0.1, 0.15) is 0 Å². The van der Waals surface area contributed by atoms with Crippen LogP contribution in [0.3, 0.4) is 0 Å². The molecule has 0 aromatic rings. The van der Waals surface area contributed by atoms with E-state index in [4.69, 9.17) is 0 Å². The third-order valence-corrected chi connectivity index (χ3v) is 6.14. The molecule has 0 heterocycles. The molecule has 0 aromatic heterocycles. The maximum Gasteiger partial charge on any atom is 0.182 e. The number of hydrogen-bond donors (Lipinski definition) is 0. The number of carbonyl (C=O) groups is 2. The van der Waals surface area contributed by atoms with E-state index in [2.05, 4.69) is 13.8 Å². The summed E-state index contributed by atoms with van der Waals surface area (Å²) in [5, 5.41) is 0. The van der Waals surface area contributed by atoms with E-state index in [1.54, 1.807) is 0 Å². The molecule has 4 aliphatic carbocycles. The van der Waals surface area contributed by atoms with Gasteiger partial charge in [-0.3, -0.25) is 9.59 Å². The minimum atomic E-state index is 0.0787. The average molecular weight is 242 g/mol. The summed E-state index contributed by atoms with van der Waals surface area (Å²) in [4.78, 5) is 24.0. The molecule has 4 atom stereocenters. The van der Waals surface area contributed by atoms with E-state index >= 15 is 0 Å². The van der Waals surface area contributed by atoms with Gasteiger partial charge in [-0.1, -0.05) is 13.8 Å². The third-order valence-electron chi connectivity index (χ3n) is 6.14. The molecule has 4 aliphatic rings. The summed E-state index contributed by atoms with van der Waals surface area (Å²) in [6.07, 6.45) is 7.17. The van der Waals surface area contributed by atoms with Crippen molar-refractivity contribution in [2.24, 2.45) is 22.7 Å². The van der Waals surface area contributed by atoms with Crippen molar-refractivity contribution in [1.29, 1.82) is 0 Å². The topological polar surface area (TPSA) is 34.1 Å². The quantitative estimate of drug-likeness (QED) is 0.612. The fourth-order valence-corrected chi connectivity index (χ4v) is 5.06. The first-order chi connectivity index (χ1) is 8.44. The Bertz CT molecular complexity index is 553. The van der Waals surface area contributed by atoms with E-state index in [0.717, 1.165) is 29.9 Å². The Balaban J connectivity index is 1.80. The van der Waals surface area contributed by atoms with Crippen molar-refractivity contribution in [3.8, 4) is 0 Å². The Morgan fingerprint density at radius 1 is 1.06 bits per heavy atom. The number of ketones is 2. The van der Waals surface area contributed by atoms with E-state index < -0.39 is 0 Å². The lowest BCUT2D eigenvalue weighted by Gasteiger charge is -2.42. The van der Waals surface area contributed by atoms with Crippen LogP contribution in [0.1, 0.15) is 39.5 Å². The normalized spacial score (nSPS) is 49.0. The zero-order valence-electron chi connectivity index (χ0n) is 11.0. The SMILES string of the molecule is C[C@@]12CC3=C(C[C@H]1[C@]1(C)C[C@@H]1C2)C(=O)C=CC3=O. The lowest BCUT2D eigenvalue weighted by molar-refractivity contribution is -0.116. The number of carbonyl (C=O) groups excluding carboxylic acids is 2. The summed E-state index contributed by atoms with van der Waals surface area (Å²) in [5.74, 6) is 1.61. The molecule has 4 rings (SSSR count). The Morgan fingerprint density at radius 3 is 2.44 bits per heavy atom. The van der Waals surface area contributed by atoms with E-state index in [1.807, 2.05) is 0 Å². The Labute approximate surface area is 107 Å². The summed E-state index contributed by atoms with van der Waals surface area (Å²) in [7, 11) is 0. The highest BCUT2D eigenvalue weighted by Gasteiger charge is 2.68. The standard InChI is InChI=1S/C16H18O2/c1-15-6-9-7-16(9,2)14(15)5-10-11(8-15)13(18)4-3-12(10)17/h3-4,9,14H,5-8H2,1-2H3/t9-,14+,15+,16+/m0/s1. The first-order valence-corrected chi connectivity index (χ1v) is 6.93. The predicted octanol–water partition coefficient (Wildman–Crippen LogP) is 2.84. The molecule has 0 amide bonds. The zero-order valence-corrected chi connectivity index (χ0v) is 11.0. The molecular formula is C16H18O2. The van der Waals surface area contributed by atoms with Gasteiger partial charge in [-0.2, -0.15) is 0 Å². The van der Waals surface area contributed by atoms with Crippen molar-refractivity contribution < 1.29 is 9.59 Å². The Morgan fingerprint density at radius 2 is 1.72 bits per heavy atom. The van der Waals surface area contributed by atoms with Crippen LogP contribution in [-0.4, -0.2) is 11.6 Å². The minimum absolute atomic E-state index is 0.0787. The number of rotatable bonds is 0. The molecule has 2 heteroatoms. The lowest BCUT2D eigenvalue weighted by atomic mass is 9.61. The maximum absolute atomic E-state index is 12.0. The Hall–Kier alpha value is -1.18. The molecule has 2 nitrogen and oxygen atoms in total. The van der Waals surface area contributed by atoms with Crippen molar-refractivity contribution >= 4 is 11.6 Å². The van der Waals surface area contributed by atoms with Gasteiger partial charge in [0.15, 0.2) is 11.6 Å². The first kappa shape index (κ1) is 10.7. The highest BCUT2D eigenvalue weighted by molar-refractivity contribution is 6.20. The van der Waals surface area contributed by atoms with E-state index in [9.17, 15) is 9.59 Å². The van der Waals surface area contributed by atoms with Crippen LogP contribution in [0.15, 0.2) is 23.3 Å². The van der Waals surface area contributed by atoms with Crippen molar-refractivity contribution in [2.75, 3.05) is 0 Å². The zero-order chi connectivity index (χ0) is 12.7. The van der Waals surface area contributed by atoms with Gasteiger partial charge in [0.2, 0.25) is 0 Å². The highest BCUT2D eigenvalue weighted by Crippen LogP contribution is 2.75. The van der Waals surface area contributed by atoms with E-state index in [-0.39, 0.29) is 17.0 Å². The van der Waals surface area contributed by atoms with Crippen molar-refractivity contribution in [3.63, 3.8) is 0 Å². The second kappa shape index (κ2) is 2.87. The monoisotopic (exact) mass is 242 g/mol. The van der Waals surface area contributed by atoms with Gasteiger partial charge >= 0.3 is 0 Å². The predicted molar refractivity (Wildman–Crippen MR) is 67.8 cm³/mol. The van der Waals surface area contributed by atoms with Crippen molar-refractivity contribution in [1.82, 2.24) is 0 Å². The fraction of sp³-hybridized carbons (Fsp3) is 0.625. The van der Waals surface area contributed by atoms with Gasteiger partial charge in [0, 0.05) is 11.1 Å². The highest BCUT2D eigenvalue weighted by atomic mass is 16.1. The van der Waals surface area contributed by atoms with Crippen LogP contribution in [-0.2, 0) is 9.59 Å². The number of fused-ring (bicyclic) bond motifs is 3. The summed E-state index contributed by atoms with van der Waals surface area (Å²) in [6, 6.07) is 0. The molecule has 0 aromatic carbocycles.